The molecule has 0 amide bonds. The summed E-state index contributed by atoms with van der Waals surface area (Å²) in [5.74, 6) is 2.49. The van der Waals surface area contributed by atoms with Crippen molar-refractivity contribution in [1.82, 2.24) is 5.43 Å². The van der Waals surface area contributed by atoms with Gasteiger partial charge in [0.1, 0.15) is 5.84 Å². The number of ether oxygens (including phenoxy) is 3. The van der Waals surface area contributed by atoms with E-state index in [1.54, 1.807) is 27.5 Å². The third kappa shape index (κ3) is 4.57. The minimum atomic E-state index is -0.168. The first kappa shape index (κ1) is 21.6. The van der Waals surface area contributed by atoms with Crippen LogP contribution in [0.25, 0.3) is 0 Å². The molecule has 0 spiro atoms. The van der Waals surface area contributed by atoms with Gasteiger partial charge in [-0.1, -0.05) is 24.3 Å². The lowest BCUT2D eigenvalue weighted by Gasteiger charge is -2.28. The smallest absolute Gasteiger partial charge is 0.203 e. The van der Waals surface area contributed by atoms with Crippen LogP contribution in [0, 0.1) is 0 Å². The van der Waals surface area contributed by atoms with E-state index in [1.165, 1.54) is 5.56 Å². The summed E-state index contributed by atoms with van der Waals surface area (Å²) in [7, 11) is 4.76. The van der Waals surface area contributed by atoms with Gasteiger partial charge in [-0.2, -0.15) is 5.10 Å². The number of benzene rings is 2. The molecule has 2 aromatic carbocycles. The highest BCUT2D eigenvalue weighted by Crippen LogP contribution is 2.37. The molecular formula is C21H26ClN3O3. The fourth-order valence-electron chi connectivity index (χ4n) is 3.20. The average molecular weight is 404 g/mol. The van der Waals surface area contributed by atoms with Crippen molar-refractivity contribution in [3.8, 4) is 17.2 Å². The molecular weight excluding hydrogens is 378 g/mol. The third-order valence-corrected chi connectivity index (χ3v) is 4.38. The summed E-state index contributed by atoms with van der Waals surface area (Å²) < 4.78 is 16.1. The topological polar surface area (TPSA) is 64.4 Å². The Morgan fingerprint density at radius 3 is 2.29 bits per heavy atom. The molecule has 0 aliphatic carbocycles. The van der Waals surface area contributed by atoms with E-state index >= 15 is 0 Å². The van der Waals surface area contributed by atoms with Gasteiger partial charge in [-0.15, -0.1) is 12.4 Å². The number of hydrogen-bond donors (Lipinski definition) is 1. The van der Waals surface area contributed by atoms with Crippen LogP contribution in [0.15, 0.2) is 46.5 Å². The lowest BCUT2D eigenvalue weighted by molar-refractivity contribution is 0.324. The van der Waals surface area contributed by atoms with Crippen molar-refractivity contribution >= 4 is 24.5 Å². The van der Waals surface area contributed by atoms with Crippen LogP contribution < -0.4 is 19.6 Å². The second-order valence-corrected chi connectivity index (χ2v) is 6.94. The van der Waals surface area contributed by atoms with Crippen molar-refractivity contribution in [2.45, 2.75) is 25.8 Å². The summed E-state index contributed by atoms with van der Waals surface area (Å²) in [6.45, 7) is 4.24. The Morgan fingerprint density at radius 2 is 1.68 bits per heavy atom. The molecule has 0 unspecified atom stereocenters. The van der Waals surface area contributed by atoms with Gasteiger partial charge in [0.2, 0.25) is 5.75 Å². The van der Waals surface area contributed by atoms with Crippen LogP contribution in [-0.4, -0.2) is 38.9 Å². The number of hydrogen-bond acceptors (Lipinski definition) is 6. The summed E-state index contributed by atoms with van der Waals surface area (Å²) in [6.07, 6.45) is 2.61. The average Bonchev–Trinajstić information content (AvgIpc) is 2.66. The number of amidine groups is 1. The zero-order chi connectivity index (χ0) is 19.4. The van der Waals surface area contributed by atoms with Crippen LogP contribution in [0.4, 0.5) is 0 Å². The SMILES string of the molecule is COc1cc(/C=N/NC2=NC(C)(C)Cc3ccccc32)cc(OC)c1OC.Cl. The molecule has 1 aliphatic rings. The zero-order valence-electron chi connectivity index (χ0n) is 16.8. The molecule has 28 heavy (non-hydrogen) atoms. The Morgan fingerprint density at radius 1 is 1.04 bits per heavy atom. The molecule has 6 nitrogen and oxygen atoms in total. The maximum atomic E-state index is 5.38. The van der Waals surface area contributed by atoms with Gasteiger partial charge in [0.25, 0.3) is 0 Å². The minimum absolute atomic E-state index is 0. The molecule has 0 fully saturated rings. The molecule has 0 saturated heterocycles. The Hall–Kier alpha value is -2.73. The number of halogens is 1. The molecule has 0 atom stereocenters. The van der Waals surface area contributed by atoms with Crippen molar-refractivity contribution < 1.29 is 14.2 Å². The van der Waals surface area contributed by atoms with E-state index < -0.39 is 0 Å². The molecule has 1 heterocycles. The Kier molecular flexibility index (Phi) is 6.91. The van der Waals surface area contributed by atoms with Gasteiger partial charge < -0.3 is 14.2 Å². The fourth-order valence-corrected chi connectivity index (χ4v) is 3.20. The monoisotopic (exact) mass is 403 g/mol. The van der Waals surface area contributed by atoms with Crippen LogP contribution in [0.5, 0.6) is 17.2 Å². The van der Waals surface area contributed by atoms with Crippen molar-refractivity contribution in [1.29, 1.82) is 0 Å². The highest BCUT2D eigenvalue weighted by Gasteiger charge is 2.26. The maximum Gasteiger partial charge on any atom is 0.203 e. The summed E-state index contributed by atoms with van der Waals surface area (Å²) in [5, 5.41) is 4.38. The molecule has 0 radical (unpaired) electrons. The maximum absolute atomic E-state index is 5.38. The molecule has 3 rings (SSSR count). The number of rotatable bonds is 5. The second-order valence-electron chi connectivity index (χ2n) is 6.94. The summed E-state index contributed by atoms with van der Waals surface area (Å²) in [6, 6.07) is 11.9. The first-order chi connectivity index (χ1) is 13.0. The number of methoxy groups -OCH3 is 3. The number of hydrazone groups is 1. The lowest BCUT2D eigenvalue weighted by Crippen LogP contribution is -2.34. The van der Waals surface area contributed by atoms with E-state index in [2.05, 4.69) is 42.6 Å². The lowest BCUT2D eigenvalue weighted by atomic mass is 9.89. The second kappa shape index (κ2) is 8.97. The van der Waals surface area contributed by atoms with Crippen molar-refractivity contribution in [3.05, 3.63) is 53.1 Å². The highest BCUT2D eigenvalue weighted by atomic mass is 35.5. The van der Waals surface area contributed by atoms with Gasteiger partial charge in [0, 0.05) is 11.1 Å². The normalized spacial score (nSPS) is 14.5. The van der Waals surface area contributed by atoms with E-state index in [-0.39, 0.29) is 17.9 Å². The molecule has 150 valence electrons. The van der Waals surface area contributed by atoms with Crippen LogP contribution >= 0.6 is 12.4 Å². The predicted octanol–water partition coefficient (Wildman–Crippen LogP) is 3.84. The quantitative estimate of drug-likeness (QED) is 0.608. The third-order valence-electron chi connectivity index (χ3n) is 4.38. The molecule has 7 heteroatoms. The first-order valence-corrected chi connectivity index (χ1v) is 8.74. The van der Waals surface area contributed by atoms with Gasteiger partial charge in [0.05, 0.1) is 33.1 Å². The number of nitrogens with zero attached hydrogens (tertiary/aromatic N) is 2. The summed E-state index contributed by atoms with van der Waals surface area (Å²) in [4.78, 5) is 4.80. The highest BCUT2D eigenvalue weighted by molar-refractivity contribution is 6.01. The van der Waals surface area contributed by atoms with Gasteiger partial charge in [-0.3, -0.25) is 10.4 Å². The molecule has 0 bridgehead atoms. The molecule has 2 aromatic rings. The van der Waals surface area contributed by atoms with E-state index in [1.807, 2.05) is 18.2 Å². The molecule has 0 saturated carbocycles. The summed E-state index contributed by atoms with van der Waals surface area (Å²) >= 11 is 0. The van der Waals surface area contributed by atoms with E-state index in [4.69, 9.17) is 19.2 Å². The van der Waals surface area contributed by atoms with Crippen LogP contribution in [0.1, 0.15) is 30.5 Å². The number of nitrogens with one attached hydrogen (secondary N) is 1. The zero-order valence-corrected chi connectivity index (χ0v) is 17.6. The van der Waals surface area contributed by atoms with Gasteiger partial charge in [-0.25, -0.2) is 0 Å². The van der Waals surface area contributed by atoms with E-state index in [0.717, 1.165) is 23.4 Å². The van der Waals surface area contributed by atoms with E-state index in [0.29, 0.717) is 17.2 Å². The molecule has 0 aromatic heterocycles. The molecule has 1 aliphatic heterocycles. The fraction of sp³-hybridized carbons (Fsp3) is 0.333. The van der Waals surface area contributed by atoms with E-state index in [9.17, 15) is 0 Å². The Balaban J connectivity index is 0.00000280. The standard InChI is InChI=1S/C21H25N3O3.ClH/c1-21(2)12-15-8-6-7-9-16(15)20(23-21)24-22-13-14-10-17(25-3)19(27-5)18(11-14)26-4;/h6-11,13H,12H2,1-5H3,(H,23,24);1H/b22-13+;. The van der Waals surface area contributed by atoms with Crippen LogP contribution in [-0.2, 0) is 6.42 Å². The first-order valence-electron chi connectivity index (χ1n) is 8.74. The summed E-state index contributed by atoms with van der Waals surface area (Å²) in [5.41, 5.74) is 6.09. The van der Waals surface area contributed by atoms with Crippen molar-refractivity contribution in [2.24, 2.45) is 10.1 Å². The van der Waals surface area contributed by atoms with Crippen LogP contribution in [0.2, 0.25) is 0 Å². The number of aliphatic imine (C=N–C) groups is 1. The van der Waals surface area contributed by atoms with Crippen LogP contribution in [0.3, 0.4) is 0 Å². The van der Waals surface area contributed by atoms with Gasteiger partial charge in [0.15, 0.2) is 11.5 Å². The van der Waals surface area contributed by atoms with Crippen molar-refractivity contribution in [3.63, 3.8) is 0 Å². The molecule has 1 N–H and O–H groups in total. The van der Waals surface area contributed by atoms with Gasteiger partial charge in [-0.05, 0) is 38.0 Å². The Labute approximate surface area is 172 Å². The van der Waals surface area contributed by atoms with Gasteiger partial charge >= 0.3 is 0 Å². The largest absolute Gasteiger partial charge is 0.493 e. The Bertz CT molecular complexity index is 869. The number of fused-ring (bicyclic) bond motifs is 1. The van der Waals surface area contributed by atoms with Crippen molar-refractivity contribution in [2.75, 3.05) is 21.3 Å². The minimum Gasteiger partial charge on any atom is -0.493 e. The predicted molar refractivity (Wildman–Crippen MR) is 115 cm³/mol.